The molecule has 8 heteroatoms. The van der Waals surface area contributed by atoms with E-state index in [0.717, 1.165) is 0 Å². The monoisotopic (exact) mass is 488 g/mol. The molecule has 0 fully saturated rings. The van der Waals surface area contributed by atoms with Crippen molar-refractivity contribution in [2.75, 3.05) is 11.4 Å². The predicted molar refractivity (Wildman–Crippen MR) is 137 cm³/mol. The fourth-order valence-electron chi connectivity index (χ4n) is 3.60. The van der Waals surface area contributed by atoms with Gasteiger partial charge < -0.3 is 4.90 Å². The van der Waals surface area contributed by atoms with E-state index >= 15 is 0 Å². The zero-order valence-corrected chi connectivity index (χ0v) is 20.0. The number of halogens is 1. The van der Waals surface area contributed by atoms with Crippen LogP contribution in [0.25, 0.3) is 16.6 Å². The van der Waals surface area contributed by atoms with Gasteiger partial charge in [-0.2, -0.15) is 5.26 Å². The Morgan fingerprint density at radius 3 is 2.59 bits per heavy atom. The predicted octanol–water partition coefficient (Wildman–Crippen LogP) is 5.47. The minimum absolute atomic E-state index is 0.175. The Morgan fingerprint density at radius 1 is 1.12 bits per heavy atom. The lowest BCUT2D eigenvalue weighted by Gasteiger charge is -2.25. The highest BCUT2D eigenvalue weighted by molar-refractivity contribution is 8.00. The third-order valence-corrected chi connectivity index (χ3v) is 6.50. The molecule has 1 aromatic heterocycles. The van der Waals surface area contributed by atoms with Crippen LogP contribution in [0.15, 0.2) is 88.8 Å². The van der Waals surface area contributed by atoms with Crippen LogP contribution in [-0.2, 0) is 4.79 Å². The second-order valence-electron chi connectivity index (χ2n) is 7.53. The van der Waals surface area contributed by atoms with E-state index in [0.29, 0.717) is 32.5 Å². The summed E-state index contributed by atoms with van der Waals surface area (Å²) in [6, 6.07) is 25.4. The summed E-state index contributed by atoms with van der Waals surface area (Å²) < 4.78 is 1.49. The Labute approximate surface area is 206 Å². The summed E-state index contributed by atoms with van der Waals surface area (Å²) in [4.78, 5) is 33.2. The van der Waals surface area contributed by atoms with Gasteiger partial charge in [0.05, 0.1) is 34.3 Å². The van der Waals surface area contributed by atoms with Gasteiger partial charge in [0.2, 0.25) is 5.91 Å². The van der Waals surface area contributed by atoms with Crippen molar-refractivity contribution < 1.29 is 4.79 Å². The molecule has 0 spiro atoms. The average Bonchev–Trinajstić information content (AvgIpc) is 2.85. The zero-order chi connectivity index (χ0) is 24.1. The van der Waals surface area contributed by atoms with Crippen LogP contribution in [0.3, 0.4) is 0 Å². The Morgan fingerprint density at radius 2 is 1.85 bits per heavy atom. The summed E-state index contributed by atoms with van der Waals surface area (Å²) in [5, 5.41) is 9.87. The van der Waals surface area contributed by atoms with Crippen LogP contribution in [0.4, 0.5) is 5.69 Å². The summed E-state index contributed by atoms with van der Waals surface area (Å²) in [7, 11) is 0. The first-order valence-electron chi connectivity index (χ1n) is 10.7. The van der Waals surface area contributed by atoms with E-state index in [1.165, 1.54) is 16.3 Å². The molecule has 1 heterocycles. The van der Waals surface area contributed by atoms with Gasteiger partial charge in [-0.3, -0.25) is 14.2 Å². The zero-order valence-electron chi connectivity index (χ0n) is 18.4. The first kappa shape index (κ1) is 23.6. The third kappa shape index (κ3) is 4.98. The third-order valence-electron chi connectivity index (χ3n) is 5.22. The van der Waals surface area contributed by atoms with E-state index in [-0.39, 0.29) is 24.4 Å². The quantitative estimate of drug-likeness (QED) is 0.255. The lowest BCUT2D eigenvalue weighted by molar-refractivity contribution is -0.117. The maximum absolute atomic E-state index is 13.5. The topological polar surface area (TPSA) is 79.0 Å². The van der Waals surface area contributed by atoms with Crippen molar-refractivity contribution in [1.29, 1.82) is 5.26 Å². The number of para-hydroxylation sites is 2. The molecule has 4 rings (SSSR count). The maximum atomic E-state index is 13.5. The lowest BCUT2D eigenvalue weighted by Crippen LogP contribution is -2.37. The number of nitriles is 1. The Kier molecular flexibility index (Phi) is 7.31. The van der Waals surface area contributed by atoms with Crippen molar-refractivity contribution in [2.24, 2.45) is 0 Å². The van der Waals surface area contributed by atoms with Crippen molar-refractivity contribution >= 4 is 45.9 Å². The average molecular weight is 489 g/mol. The fourth-order valence-corrected chi connectivity index (χ4v) is 4.77. The Bertz CT molecular complexity index is 1430. The second kappa shape index (κ2) is 10.6. The van der Waals surface area contributed by atoms with Crippen LogP contribution in [0.2, 0.25) is 5.02 Å². The number of benzene rings is 3. The van der Waals surface area contributed by atoms with E-state index in [2.05, 4.69) is 6.07 Å². The summed E-state index contributed by atoms with van der Waals surface area (Å²) in [5.41, 5.74) is 1.60. The number of hydrogen-bond acceptors (Lipinski definition) is 5. The summed E-state index contributed by atoms with van der Waals surface area (Å²) >= 11 is 7.40. The molecule has 0 unspecified atom stereocenters. The number of amides is 1. The summed E-state index contributed by atoms with van der Waals surface area (Å²) in [6.07, 6.45) is 0.208. The van der Waals surface area contributed by atoms with Crippen molar-refractivity contribution in [3.8, 4) is 11.8 Å². The molecule has 0 saturated carbocycles. The summed E-state index contributed by atoms with van der Waals surface area (Å²) in [6.45, 7) is 2.05. The normalized spacial score (nSPS) is 11.7. The number of thioether (sulfide) groups is 1. The molecule has 1 amide bonds. The van der Waals surface area contributed by atoms with E-state index < -0.39 is 5.25 Å². The standard InChI is InChI=1S/C26H21ClN4O2S/c1-18(24(32)30(16-8-15-28)20-10-3-2-4-11-20)34-26-29-23-14-6-5-13-22(23)25(33)31(26)21-12-7-9-19(27)17-21/h2-7,9-14,17-18H,8,16H2,1H3/t18-/m1/s1. The van der Waals surface area contributed by atoms with Crippen LogP contribution in [0.1, 0.15) is 13.3 Å². The number of carbonyl (C=O) groups excluding carboxylic acids is 1. The molecular weight excluding hydrogens is 468 g/mol. The number of aromatic nitrogens is 2. The van der Waals surface area contributed by atoms with Gasteiger partial charge in [0.15, 0.2) is 5.16 Å². The van der Waals surface area contributed by atoms with Crippen molar-refractivity contribution in [1.82, 2.24) is 9.55 Å². The lowest BCUT2D eigenvalue weighted by atomic mass is 10.2. The molecule has 0 bridgehead atoms. The molecule has 0 saturated heterocycles. The molecule has 0 aliphatic carbocycles. The van der Waals surface area contributed by atoms with Gasteiger partial charge in [-0.1, -0.05) is 59.8 Å². The SMILES string of the molecule is C[C@@H](Sc1nc2ccccc2c(=O)n1-c1cccc(Cl)c1)C(=O)N(CCC#N)c1ccccc1. The van der Waals surface area contributed by atoms with Gasteiger partial charge in [0, 0.05) is 17.3 Å². The maximum Gasteiger partial charge on any atom is 0.266 e. The minimum Gasteiger partial charge on any atom is -0.310 e. The number of nitrogens with zero attached hydrogens (tertiary/aromatic N) is 4. The number of rotatable bonds is 7. The molecular formula is C26H21ClN4O2S. The molecule has 0 aliphatic heterocycles. The number of carbonyl (C=O) groups is 1. The molecule has 3 aromatic carbocycles. The van der Waals surface area contributed by atoms with Gasteiger partial charge in [0.1, 0.15) is 0 Å². The molecule has 0 N–H and O–H groups in total. The van der Waals surface area contributed by atoms with Gasteiger partial charge in [0.25, 0.3) is 5.56 Å². The van der Waals surface area contributed by atoms with Gasteiger partial charge in [-0.15, -0.1) is 0 Å². The van der Waals surface area contributed by atoms with Crippen LogP contribution >= 0.6 is 23.4 Å². The van der Waals surface area contributed by atoms with Gasteiger partial charge in [-0.05, 0) is 49.4 Å². The highest BCUT2D eigenvalue weighted by atomic mass is 35.5. The van der Waals surface area contributed by atoms with Crippen LogP contribution in [0, 0.1) is 11.3 Å². The van der Waals surface area contributed by atoms with Crippen LogP contribution < -0.4 is 10.5 Å². The number of fused-ring (bicyclic) bond motifs is 1. The van der Waals surface area contributed by atoms with E-state index in [1.54, 1.807) is 54.3 Å². The largest absolute Gasteiger partial charge is 0.310 e. The smallest absolute Gasteiger partial charge is 0.266 e. The van der Waals surface area contributed by atoms with Crippen molar-refractivity contribution in [2.45, 2.75) is 23.8 Å². The number of hydrogen-bond donors (Lipinski definition) is 0. The van der Waals surface area contributed by atoms with E-state index in [9.17, 15) is 9.59 Å². The molecule has 170 valence electrons. The first-order chi connectivity index (χ1) is 16.5. The molecule has 0 radical (unpaired) electrons. The molecule has 4 aromatic rings. The Hall–Kier alpha value is -3.60. The highest BCUT2D eigenvalue weighted by Crippen LogP contribution is 2.28. The first-order valence-corrected chi connectivity index (χ1v) is 11.9. The van der Waals surface area contributed by atoms with Gasteiger partial charge >= 0.3 is 0 Å². The Balaban J connectivity index is 1.76. The van der Waals surface area contributed by atoms with E-state index in [4.69, 9.17) is 21.8 Å². The second-order valence-corrected chi connectivity index (χ2v) is 9.27. The minimum atomic E-state index is -0.572. The molecule has 34 heavy (non-hydrogen) atoms. The highest BCUT2D eigenvalue weighted by Gasteiger charge is 2.25. The van der Waals surface area contributed by atoms with Crippen LogP contribution in [0.5, 0.6) is 0 Å². The fraction of sp³-hybridized carbons (Fsp3) is 0.154. The van der Waals surface area contributed by atoms with Gasteiger partial charge in [-0.25, -0.2) is 4.98 Å². The van der Waals surface area contributed by atoms with Crippen LogP contribution in [-0.4, -0.2) is 27.3 Å². The van der Waals surface area contributed by atoms with Crippen molar-refractivity contribution in [3.05, 3.63) is 94.2 Å². The van der Waals surface area contributed by atoms with Crippen molar-refractivity contribution in [3.63, 3.8) is 0 Å². The molecule has 1 atom stereocenters. The number of anilines is 1. The molecule has 6 nitrogen and oxygen atoms in total. The molecule has 0 aliphatic rings. The summed E-state index contributed by atoms with van der Waals surface area (Å²) in [5.74, 6) is -0.175. The van der Waals surface area contributed by atoms with E-state index in [1.807, 2.05) is 36.4 Å².